The first kappa shape index (κ1) is 17.7. The van der Waals surface area contributed by atoms with Gasteiger partial charge in [0.25, 0.3) is 0 Å². The fraction of sp³-hybridized carbons (Fsp3) is 0.0625. The van der Waals surface area contributed by atoms with Crippen LogP contribution in [0.1, 0.15) is 0 Å². The number of rotatable bonds is 5. The summed E-state index contributed by atoms with van der Waals surface area (Å²) in [5, 5.41) is 10.9. The first-order chi connectivity index (χ1) is 12.0. The van der Waals surface area contributed by atoms with Gasteiger partial charge in [-0.15, -0.1) is 5.10 Å². The van der Waals surface area contributed by atoms with Crippen molar-refractivity contribution in [1.29, 1.82) is 0 Å². The van der Waals surface area contributed by atoms with Gasteiger partial charge in [-0.1, -0.05) is 35.0 Å². The van der Waals surface area contributed by atoms with Crippen LogP contribution in [0, 0.1) is 5.82 Å². The van der Waals surface area contributed by atoms with Crippen LogP contribution in [0.25, 0.3) is 11.4 Å². The summed E-state index contributed by atoms with van der Waals surface area (Å²) in [6.45, 7) is 0. The molecular formula is C16H11Cl2FN4OS. The van der Waals surface area contributed by atoms with Gasteiger partial charge in [-0.05, 0) is 42.5 Å². The van der Waals surface area contributed by atoms with E-state index in [4.69, 9.17) is 23.2 Å². The number of aromatic nitrogens is 3. The van der Waals surface area contributed by atoms with Crippen LogP contribution >= 0.6 is 35.0 Å². The van der Waals surface area contributed by atoms with E-state index in [9.17, 15) is 9.18 Å². The number of amides is 1. The highest BCUT2D eigenvalue weighted by Gasteiger charge is 2.12. The van der Waals surface area contributed by atoms with Crippen LogP contribution in [-0.4, -0.2) is 26.8 Å². The van der Waals surface area contributed by atoms with Gasteiger partial charge in [-0.2, -0.15) is 0 Å². The topological polar surface area (TPSA) is 70.7 Å². The summed E-state index contributed by atoms with van der Waals surface area (Å²) in [6, 6.07) is 10.6. The van der Waals surface area contributed by atoms with E-state index in [1.54, 1.807) is 18.2 Å². The summed E-state index contributed by atoms with van der Waals surface area (Å²) in [4.78, 5) is 16.2. The normalized spacial score (nSPS) is 10.7. The van der Waals surface area contributed by atoms with E-state index in [1.807, 2.05) is 0 Å². The van der Waals surface area contributed by atoms with Crippen molar-refractivity contribution in [3.8, 4) is 11.4 Å². The number of halogens is 3. The van der Waals surface area contributed by atoms with Crippen molar-refractivity contribution in [3.05, 3.63) is 58.3 Å². The van der Waals surface area contributed by atoms with Crippen molar-refractivity contribution in [3.63, 3.8) is 0 Å². The number of thioether (sulfide) groups is 1. The predicted octanol–water partition coefficient (Wildman–Crippen LogP) is 4.65. The third-order valence-corrected chi connectivity index (χ3v) is 4.51. The fourth-order valence-electron chi connectivity index (χ4n) is 1.97. The smallest absolute Gasteiger partial charge is 0.234 e. The largest absolute Gasteiger partial charge is 0.325 e. The summed E-state index contributed by atoms with van der Waals surface area (Å²) in [5.41, 5.74) is 1.19. The molecule has 0 unspecified atom stereocenters. The Morgan fingerprint density at radius 1 is 1.20 bits per heavy atom. The molecule has 25 heavy (non-hydrogen) atoms. The van der Waals surface area contributed by atoms with Gasteiger partial charge in [0.15, 0.2) is 5.82 Å². The maximum absolute atomic E-state index is 12.8. The lowest BCUT2D eigenvalue weighted by Crippen LogP contribution is -2.14. The summed E-state index contributed by atoms with van der Waals surface area (Å²) < 4.78 is 12.8. The SMILES string of the molecule is O=C(CSc1n[nH]c(-c2ccc(Cl)cc2Cl)n1)Nc1ccc(F)cc1. The van der Waals surface area contributed by atoms with Crippen molar-refractivity contribution in [1.82, 2.24) is 15.2 Å². The molecule has 0 saturated heterocycles. The Morgan fingerprint density at radius 2 is 1.96 bits per heavy atom. The van der Waals surface area contributed by atoms with Crippen molar-refractivity contribution in [2.75, 3.05) is 11.1 Å². The fourth-order valence-corrected chi connectivity index (χ4v) is 3.07. The number of hydrogen-bond donors (Lipinski definition) is 2. The molecule has 3 aromatic rings. The number of hydrogen-bond acceptors (Lipinski definition) is 4. The van der Waals surface area contributed by atoms with Gasteiger partial charge in [0.05, 0.1) is 10.8 Å². The lowest BCUT2D eigenvalue weighted by atomic mass is 10.2. The Labute approximate surface area is 156 Å². The molecule has 1 amide bonds. The average molecular weight is 397 g/mol. The molecule has 0 fully saturated rings. The number of nitrogens with one attached hydrogen (secondary N) is 2. The maximum Gasteiger partial charge on any atom is 0.234 e. The van der Waals surface area contributed by atoms with Crippen molar-refractivity contribution in [2.24, 2.45) is 0 Å². The van der Waals surface area contributed by atoms with Gasteiger partial charge in [0.2, 0.25) is 11.1 Å². The number of anilines is 1. The molecule has 0 radical (unpaired) electrons. The number of carbonyl (C=O) groups is 1. The summed E-state index contributed by atoms with van der Waals surface area (Å²) in [5.74, 6) is 0.000291. The second-order valence-corrected chi connectivity index (χ2v) is 6.72. The third kappa shape index (κ3) is 4.72. The molecule has 0 atom stereocenters. The molecule has 0 spiro atoms. The monoisotopic (exact) mass is 396 g/mol. The minimum atomic E-state index is -0.360. The quantitative estimate of drug-likeness (QED) is 0.615. The minimum Gasteiger partial charge on any atom is -0.325 e. The van der Waals surface area contributed by atoms with Crippen LogP contribution in [0.15, 0.2) is 47.6 Å². The Bertz CT molecular complexity index is 901. The standard InChI is InChI=1S/C16H11Cl2FN4OS/c17-9-1-6-12(13(18)7-9)15-21-16(23-22-15)25-8-14(24)20-11-4-2-10(19)3-5-11/h1-7H,8H2,(H,20,24)(H,21,22,23). The molecule has 5 nitrogen and oxygen atoms in total. The number of H-pyrrole nitrogens is 1. The van der Waals surface area contributed by atoms with Crippen molar-refractivity contribution >= 4 is 46.6 Å². The second-order valence-electron chi connectivity index (χ2n) is 4.93. The molecule has 2 N–H and O–H groups in total. The summed E-state index contributed by atoms with van der Waals surface area (Å²) >= 11 is 13.2. The molecule has 2 aromatic carbocycles. The van der Waals surface area contributed by atoms with E-state index in [-0.39, 0.29) is 17.5 Å². The second kappa shape index (κ2) is 7.86. The van der Waals surface area contributed by atoms with E-state index in [1.165, 1.54) is 36.0 Å². The van der Waals surface area contributed by atoms with Crippen LogP contribution < -0.4 is 5.32 Å². The lowest BCUT2D eigenvalue weighted by molar-refractivity contribution is -0.113. The molecule has 3 rings (SSSR count). The van der Waals surface area contributed by atoms with E-state index in [2.05, 4.69) is 20.5 Å². The summed E-state index contributed by atoms with van der Waals surface area (Å²) in [7, 11) is 0. The number of nitrogens with zero attached hydrogens (tertiary/aromatic N) is 2. The van der Waals surface area contributed by atoms with Crippen molar-refractivity contribution in [2.45, 2.75) is 5.16 Å². The zero-order valence-corrected chi connectivity index (χ0v) is 14.9. The first-order valence-electron chi connectivity index (χ1n) is 7.07. The Hall–Kier alpha value is -2.09. The van der Waals surface area contributed by atoms with Gasteiger partial charge in [0, 0.05) is 16.3 Å². The maximum atomic E-state index is 12.8. The molecule has 0 aliphatic heterocycles. The minimum absolute atomic E-state index is 0.114. The molecule has 128 valence electrons. The number of carbonyl (C=O) groups excluding carboxylic acids is 1. The zero-order chi connectivity index (χ0) is 17.8. The molecule has 0 aliphatic carbocycles. The van der Waals surface area contributed by atoms with E-state index < -0.39 is 0 Å². The van der Waals surface area contributed by atoms with Crippen molar-refractivity contribution < 1.29 is 9.18 Å². The van der Waals surface area contributed by atoms with E-state index in [0.29, 0.717) is 32.3 Å². The first-order valence-corrected chi connectivity index (χ1v) is 8.81. The molecule has 0 aliphatic rings. The van der Waals surface area contributed by atoms with Gasteiger partial charge in [-0.25, -0.2) is 9.37 Å². The molecule has 9 heteroatoms. The molecular weight excluding hydrogens is 386 g/mol. The lowest BCUT2D eigenvalue weighted by Gasteiger charge is -2.03. The summed E-state index contributed by atoms with van der Waals surface area (Å²) in [6.07, 6.45) is 0. The van der Waals surface area contributed by atoms with Gasteiger partial charge >= 0.3 is 0 Å². The van der Waals surface area contributed by atoms with Gasteiger partial charge < -0.3 is 5.32 Å². The Balaban J connectivity index is 1.59. The highest BCUT2D eigenvalue weighted by molar-refractivity contribution is 7.99. The number of benzene rings is 2. The van der Waals surface area contributed by atoms with Gasteiger partial charge in [0.1, 0.15) is 5.82 Å². The predicted molar refractivity (Wildman–Crippen MR) is 97.6 cm³/mol. The molecule has 1 heterocycles. The van der Waals surface area contributed by atoms with Crippen LogP contribution in [0.2, 0.25) is 10.0 Å². The zero-order valence-electron chi connectivity index (χ0n) is 12.6. The number of aromatic amines is 1. The molecule has 1 aromatic heterocycles. The molecule has 0 bridgehead atoms. The molecule has 0 saturated carbocycles. The van der Waals surface area contributed by atoms with Crippen LogP contribution in [-0.2, 0) is 4.79 Å². The Kier molecular flexibility index (Phi) is 5.57. The highest BCUT2D eigenvalue weighted by Crippen LogP contribution is 2.29. The Morgan fingerprint density at radius 3 is 2.68 bits per heavy atom. The third-order valence-electron chi connectivity index (χ3n) is 3.11. The van der Waals surface area contributed by atoms with Gasteiger partial charge in [-0.3, -0.25) is 9.89 Å². The van der Waals surface area contributed by atoms with Crippen LogP contribution in [0.5, 0.6) is 0 Å². The average Bonchev–Trinajstić information content (AvgIpc) is 3.04. The highest BCUT2D eigenvalue weighted by atomic mass is 35.5. The van der Waals surface area contributed by atoms with Crippen LogP contribution in [0.4, 0.5) is 10.1 Å². The van der Waals surface area contributed by atoms with E-state index in [0.717, 1.165) is 0 Å². The van der Waals surface area contributed by atoms with E-state index >= 15 is 0 Å². The van der Waals surface area contributed by atoms with Crippen LogP contribution in [0.3, 0.4) is 0 Å².